The van der Waals surface area contributed by atoms with Gasteiger partial charge in [-0.2, -0.15) is 0 Å². The minimum Gasteiger partial charge on any atom is -0.452 e. The number of ether oxygens (including phenoxy) is 2. The lowest BCUT2D eigenvalue weighted by Gasteiger charge is -2.31. The Kier molecular flexibility index (Phi) is 7.70. The number of esters is 1. The molecule has 9 nitrogen and oxygen atoms in total. The maximum atomic E-state index is 13.2. The summed E-state index contributed by atoms with van der Waals surface area (Å²) in [5, 5.41) is 2.59. The number of amides is 1. The van der Waals surface area contributed by atoms with Crippen LogP contribution in [0.1, 0.15) is 45.1 Å². The molecule has 1 aromatic heterocycles. The summed E-state index contributed by atoms with van der Waals surface area (Å²) in [6.45, 7) is 3.55. The Hall–Kier alpha value is -3.40. The number of likely N-dealkylation sites (N-methyl/N-ethyl adjacent to an activating group) is 1. The van der Waals surface area contributed by atoms with E-state index >= 15 is 0 Å². The molecule has 0 spiro atoms. The average Bonchev–Trinajstić information content (AvgIpc) is 2.78. The number of anilines is 1. The van der Waals surface area contributed by atoms with Gasteiger partial charge >= 0.3 is 5.97 Å². The zero-order valence-corrected chi connectivity index (χ0v) is 19.6. The Labute approximate surface area is 193 Å². The first-order chi connectivity index (χ1) is 15.8. The van der Waals surface area contributed by atoms with Crippen molar-refractivity contribution in [1.29, 1.82) is 0 Å². The SMILES string of the molecule is CCCCCC(=O)OC(C)OC1=C(C(=O)Nc2ccccn2)N(C)S(=O)(=O)c2ccccc21. The Bertz CT molecular complexity index is 1150. The fourth-order valence-corrected chi connectivity index (χ4v) is 4.74. The van der Waals surface area contributed by atoms with Crippen LogP contribution in [-0.2, 0) is 29.1 Å². The van der Waals surface area contributed by atoms with Crippen LogP contribution in [0.5, 0.6) is 0 Å². The third-order valence-corrected chi connectivity index (χ3v) is 6.80. The number of nitrogens with zero attached hydrogens (tertiary/aromatic N) is 2. The van der Waals surface area contributed by atoms with E-state index in [-0.39, 0.29) is 34.2 Å². The molecule has 10 heteroatoms. The van der Waals surface area contributed by atoms with Crippen LogP contribution >= 0.6 is 0 Å². The molecule has 0 bridgehead atoms. The number of sulfonamides is 1. The molecule has 2 aromatic rings. The van der Waals surface area contributed by atoms with Gasteiger partial charge in [0, 0.05) is 32.2 Å². The summed E-state index contributed by atoms with van der Waals surface area (Å²) in [5.41, 5.74) is -0.0381. The van der Waals surface area contributed by atoms with E-state index in [0.717, 1.165) is 17.1 Å². The smallest absolute Gasteiger partial charge is 0.308 e. The van der Waals surface area contributed by atoms with Gasteiger partial charge in [0.15, 0.2) is 11.5 Å². The lowest BCUT2D eigenvalue weighted by molar-refractivity contribution is -0.164. The highest BCUT2D eigenvalue weighted by molar-refractivity contribution is 7.89. The van der Waals surface area contributed by atoms with Crippen LogP contribution in [0.15, 0.2) is 59.3 Å². The van der Waals surface area contributed by atoms with Gasteiger partial charge in [-0.25, -0.2) is 13.4 Å². The Morgan fingerprint density at radius 3 is 2.55 bits per heavy atom. The number of unbranched alkanes of at least 4 members (excludes halogenated alkanes) is 2. The molecule has 1 aromatic carbocycles. The zero-order chi connectivity index (χ0) is 24.0. The first-order valence-corrected chi connectivity index (χ1v) is 12.1. The van der Waals surface area contributed by atoms with E-state index in [0.29, 0.717) is 6.42 Å². The highest BCUT2D eigenvalue weighted by Crippen LogP contribution is 2.37. The molecule has 1 N–H and O–H groups in total. The van der Waals surface area contributed by atoms with Gasteiger partial charge in [0.05, 0.1) is 4.90 Å². The number of aromatic nitrogens is 1. The molecule has 1 amide bonds. The van der Waals surface area contributed by atoms with Crippen molar-refractivity contribution in [3.8, 4) is 0 Å². The number of nitrogens with one attached hydrogen (secondary N) is 1. The Morgan fingerprint density at radius 2 is 1.85 bits per heavy atom. The fourth-order valence-electron chi connectivity index (χ4n) is 3.35. The number of fused-ring (bicyclic) bond motifs is 1. The molecule has 0 radical (unpaired) electrons. The number of benzene rings is 1. The molecule has 1 aliphatic rings. The molecule has 176 valence electrons. The maximum Gasteiger partial charge on any atom is 0.308 e. The molecule has 1 aliphatic heterocycles. The van der Waals surface area contributed by atoms with E-state index in [2.05, 4.69) is 10.3 Å². The normalized spacial score (nSPS) is 15.4. The summed E-state index contributed by atoms with van der Waals surface area (Å²) >= 11 is 0. The summed E-state index contributed by atoms with van der Waals surface area (Å²) in [6, 6.07) is 11.1. The van der Waals surface area contributed by atoms with Crippen molar-refractivity contribution in [1.82, 2.24) is 9.29 Å². The maximum absolute atomic E-state index is 13.2. The number of carbonyl (C=O) groups is 2. The van der Waals surface area contributed by atoms with Crippen LogP contribution in [0.4, 0.5) is 5.82 Å². The lowest BCUT2D eigenvalue weighted by atomic mass is 10.1. The van der Waals surface area contributed by atoms with Crippen LogP contribution in [0.2, 0.25) is 0 Å². The third-order valence-electron chi connectivity index (χ3n) is 4.99. The topological polar surface area (TPSA) is 115 Å². The molecule has 0 aliphatic carbocycles. The van der Waals surface area contributed by atoms with Crippen molar-refractivity contribution in [3.05, 3.63) is 59.9 Å². The Morgan fingerprint density at radius 1 is 1.12 bits per heavy atom. The van der Waals surface area contributed by atoms with Crippen molar-refractivity contribution >= 4 is 33.5 Å². The fraction of sp³-hybridized carbons (Fsp3) is 0.348. The predicted octanol–water partition coefficient (Wildman–Crippen LogP) is 3.51. The van der Waals surface area contributed by atoms with E-state index in [1.807, 2.05) is 6.92 Å². The van der Waals surface area contributed by atoms with Crippen LogP contribution < -0.4 is 5.32 Å². The predicted molar refractivity (Wildman–Crippen MR) is 122 cm³/mol. The molecule has 0 saturated heterocycles. The summed E-state index contributed by atoms with van der Waals surface area (Å²) in [5.74, 6) is -0.925. The summed E-state index contributed by atoms with van der Waals surface area (Å²) in [6.07, 6.45) is 3.28. The van der Waals surface area contributed by atoms with Gasteiger partial charge in [-0.3, -0.25) is 13.9 Å². The van der Waals surface area contributed by atoms with Crippen molar-refractivity contribution in [2.45, 2.75) is 50.7 Å². The van der Waals surface area contributed by atoms with Gasteiger partial charge in [-0.1, -0.05) is 38.0 Å². The lowest BCUT2D eigenvalue weighted by Crippen LogP contribution is -2.38. The first-order valence-electron chi connectivity index (χ1n) is 10.7. The molecular weight excluding hydrogens is 446 g/mol. The molecule has 1 atom stereocenters. The summed E-state index contributed by atoms with van der Waals surface area (Å²) < 4.78 is 38.2. The summed E-state index contributed by atoms with van der Waals surface area (Å²) in [7, 11) is -2.74. The van der Waals surface area contributed by atoms with Gasteiger partial charge in [-0.05, 0) is 30.7 Å². The standard InChI is InChI=1S/C23H27N3O6S/c1-4-5-6-14-20(27)31-16(2)32-22-17-11-7-8-12-18(17)33(29,30)26(3)21(22)23(28)25-19-13-9-10-15-24-19/h7-13,15-16H,4-6,14H2,1-3H3,(H,24,25,28). The number of carbonyl (C=O) groups excluding carboxylic acids is 2. The van der Waals surface area contributed by atoms with Crippen LogP contribution in [0.25, 0.3) is 5.76 Å². The first kappa shape index (κ1) is 24.2. The third kappa shape index (κ3) is 5.51. The zero-order valence-electron chi connectivity index (χ0n) is 18.8. The quantitative estimate of drug-likeness (QED) is 0.337. The number of hydrogen-bond donors (Lipinski definition) is 1. The highest BCUT2D eigenvalue weighted by atomic mass is 32.2. The Balaban J connectivity index is 1.97. The minimum absolute atomic E-state index is 0.00906. The van der Waals surface area contributed by atoms with Gasteiger partial charge in [-0.15, -0.1) is 0 Å². The molecule has 0 saturated carbocycles. The number of pyridine rings is 1. The van der Waals surface area contributed by atoms with E-state index in [4.69, 9.17) is 9.47 Å². The van der Waals surface area contributed by atoms with Crippen molar-refractivity contribution in [2.75, 3.05) is 12.4 Å². The molecule has 2 heterocycles. The minimum atomic E-state index is -4.01. The molecule has 3 rings (SSSR count). The van der Waals surface area contributed by atoms with E-state index in [1.54, 1.807) is 36.4 Å². The molecule has 33 heavy (non-hydrogen) atoms. The second-order valence-corrected chi connectivity index (χ2v) is 9.39. The molecule has 0 fully saturated rings. The van der Waals surface area contributed by atoms with Gasteiger partial charge < -0.3 is 14.8 Å². The van der Waals surface area contributed by atoms with Crippen molar-refractivity contribution in [3.63, 3.8) is 0 Å². The van der Waals surface area contributed by atoms with E-state index < -0.39 is 28.2 Å². The van der Waals surface area contributed by atoms with E-state index in [1.165, 1.54) is 26.2 Å². The largest absolute Gasteiger partial charge is 0.452 e. The number of rotatable bonds is 9. The average molecular weight is 474 g/mol. The second kappa shape index (κ2) is 10.5. The van der Waals surface area contributed by atoms with Gasteiger partial charge in [0.25, 0.3) is 15.9 Å². The highest BCUT2D eigenvalue weighted by Gasteiger charge is 2.39. The van der Waals surface area contributed by atoms with E-state index in [9.17, 15) is 18.0 Å². The number of hydrogen-bond acceptors (Lipinski definition) is 7. The second-order valence-electron chi connectivity index (χ2n) is 7.45. The summed E-state index contributed by atoms with van der Waals surface area (Å²) in [4.78, 5) is 29.3. The van der Waals surface area contributed by atoms with Gasteiger partial charge in [0.1, 0.15) is 5.82 Å². The van der Waals surface area contributed by atoms with Crippen LogP contribution in [0.3, 0.4) is 0 Å². The van der Waals surface area contributed by atoms with Crippen LogP contribution in [-0.4, -0.2) is 42.9 Å². The molecular formula is C23H27N3O6S. The van der Waals surface area contributed by atoms with Crippen molar-refractivity contribution < 1.29 is 27.5 Å². The monoisotopic (exact) mass is 473 g/mol. The molecule has 1 unspecified atom stereocenters. The van der Waals surface area contributed by atoms with Crippen LogP contribution in [0, 0.1) is 0 Å². The van der Waals surface area contributed by atoms with Gasteiger partial charge in [0.2, 0.25) is 6.29 Å². The van der Waals surface area contributed by atoms with Crippen molar-refractivity contribution in [2.24, 2.45) is 0 Å².